The number of fused-ring (bicyclic) bond motifs is 1. The van der Waals surface area contributed by atoms with Crippen molar-refractivity contribution >= 4 is 63.9 Å². The van der Waals surface area contributed by atoms with Crippen LogP contribution in [0.4, 0.5) is 4.79 Å². The van der Waals surface area contributed by atoms with E-state index in [0.29, 0.717) is 83.0 Å². The number of nitrogens with zero attached hydrogens (tertiary/aromatic N) is 1. The van der Waals surface area contributed by atoms with Gasteiger partial charge in [-0.2, -0.15) is 0 Å². The molecule has 0 aromatic heterocycles. The Morgan fingerprint density at radius 2 is 1.39 bits per heavy atom. The molecule has 4 unspecified atom stereocenters. The fraction of sp³-hybridized carbons (Fsp3) is 0.638. The number of rotatable bonds is 26. The molecule has 1 fully saturated rings. The highest BCUT2D eigenvalue weighted by Crippen LogP contribution is 2.36. The number of nitrogens with one attached hydrogen (secondary N) is 5. The van der Waals surface area contributed by atoms with Crippen LogP contribution >= 0.6 is 0 Å². The zero-order chi connectivity index (χ0) is 57.1. The van der Waals surface area contributed by atoms with E-state index in [4.69, 9.17) is 19.9 Å². The van der Waals surface area contributed by atoms with Gasteiger partial charge in [-0.3, -0.25) is 29.0 Å². The van der Waals surface area contributed by atoms with Gasteiger partial charge in [0.1, 0.15) is 41.1 Å². The van der Waals surface area contributed by atoms with E-state index >= 15 is 0 Å². The Morgan fingerprint density at radius 3 is 2.01 bits per heavy atom. The summed E-state index contributed by atoms with van der Waals surface area (Å²) in [6, 6.07) is 8.92. The number of esters is 3. The Labute approximate surface area is 454 Å². The van der Waals surface area contributed by atoms with Gasteiger partial charge in [-0.25, -0.2) is 14.4 Å². The van der Waals surface area contributed by atoms with Crippen LogP contribution in [-0.4, -0.2) is 120 Å². The molecule has 0 saturated heterocycles. The number of methoxy groups -OCH3 is 1. The number of urea groups is 1. The summed E-state index contributed by atoms with van der Waals surface area (Å²) < 4.78 is 15.8. The minimum absolute atomic E-state index is 0.00146. The third-order valence-corrected chi connectivity index (χ3v) is 13.5. The molecule has 2 aliphatic carbocycles. The second kappa shape index (κ2) is 29.4. The van der Waals surface area contributed by atoms with Crippen molar-refractivity contribution in [3.05, 3.63) is 59.4 Å². The molecule has 19 nitrogen and oxygen atoms in total. The Bertz CT molecular complexity index is 2450. The Morgan fingerprint density at radius 1 is 0.753 bits per heavy atom. The second-order valence-electron chi connectivity index (χ2n) is 23.4. The third-order valence-electron chi connectivity index (χ3n) is 13.5. The van der Waals surface area contributed by atoms with Gasteiger partial charge in [0.25, 0.3) is 0 Å². The number of hydrogen-bond acceptors (Lipinski definition) is 14. The number of allylic oxidation sites excluding steroid dienone is 2. The number of ketones is 1. The number of hydrogen-bond donors (Lipinski definition) is 7. The number of Topliss-reactive ketones (excluding diaryl/α,β-unsaturated/α-hetero) is 1. The number of aliphatic hydroxyl groups excluding tert-OH is 1. The maximum Gasteiger partial charge on any atom is 0.329 e. The van der Waals surface area contributed by atoms with Crippen molar-refractivity contribution in [2.75, 3.05) is 26.7 Å². The minimum atomic E-state index is -1.23. The zero-order valence-corrected chi connectivity index (χ0v) is 47.2. The highest BCUT2D eigenvalue weighted by atomic mass is 16.6. The van der Waals surface area contributed by atoms with Crippen molar-refractivity contribution in [1.29, 1.82) is 0 Å². The van der Waals surface area contributed by atoms with Crippen LogP contribution < -0.4 is 32.3 Å². The average molecular weight is 1070 g/mol. The van der Waals surface area contributed by atoms with Gasteiger partial charge in [0.2, 0.25) is 17.7 Å². The van der Waals surface area contributed by atoms with Crippen LogP contribution in [0.5, 0.6) is 0 Å². The molecule has 8 N–H and O–H groups in total. The first-order valence-corrected chi connectivity index (χ1v) is 27.3. The fourth-order valence-corrected chi connectivity index (χ4v) is 9.66. The van der Waals surface area contributed by atoms with Gasteiger partial charge in [0.05, 0.1) is 12.7 Å². The lowest BCUT2D eigenvalue weighted by molar-refractivity contribution is -0.158. The predicted octanol–water partition coefficient (Wildman–Crippen LogP) is 6.91. The molecule has 0 aliphatic heterocycles. The van der Waals surface area contributed by atoms with Crippen LogP contribution in [0.2, 0.25) is 0 Å². The van der Waals surface area contributed by atoms with E-state index in [9.17, 15) is 43.5 Å². The first-order valence-electron chi connectivity index (χ1n) is 27.3. The molecule has 4 rings (SSSR count). The van der Waals surface area contributed by atoms with Crippen molar-refractivity contribution in [1.82, 2.24) is 26.6 Å². The van der Waals surface area contributed by atoms with E-state index in [2.05, 4.69) is 31.6 Å². The number of nitrogens with two attached hydrogens (primary N) is 1. The molecule has 0 bridgehead atoms. The molecule has 2 aliphatic rings. The maximum absolute atomic E-state index is 14.0. The van der Waals surface area contributed by atoms with Crippen LogP contribution in [0.15, 0.2) is 58.8 Å². The largest absolute Gasteiger partial charge is 0.511 e. The summed E-state index contributed by atoms with van der Waals surface area (Å²) in [5, 5.41) is 27.0. The lowest BCUT2D eigenvalue weighted by Crippen LogP contribution is -2.52. The monoisotopic (exact) mass is 1070 g/mol. The van der Waals surface area contributed by atoms with Gasteiger partial charge in [-0.05, 0) is 153 Å². The van der Waals surface area contributed by atoms with Crippen molar-refractivity contribution < 1.29 is 57.7 Å². The van der Waals surface area contributed by atoms with Gasteiger partial charge in [0, 0.05) is 50.4 Å². The van der Waals surface area contributed by atoms with Gasteiger partial charge >= 0.3 is 23.9 Å². The van der Waals surface area contributed by atoms with Crippen molar-refractivity contribution in [3.63, 3.8) is 0 Å². The maximum atomic E-state index is 14.0. The molecular formula is C58H87N7O12. The highest BCUT2D eigenvalue weighted by Gasteiger charge is 2.36. The van der Waals surface area contributed by atoms with Gasteiger partial charge in [-0.1, -0.05) is 56.3 Å². The Kier molecular flexibility index (Phi) is 24.1. The number of unbranched alkanes of at least 4 members (excludes halogenated alkanes) is 2. The Hall–Kier alpha value is -6.37. The SMILES string of the molecule is COC(=O)C(CCCCNC(=O)C(Cc1ccc2ccccc2c1)NC(=O)C1CCC(CNC(=O)C(CCCCN)N=C(C)C2=C(O)CC(C)(C)CC2=O)CC1)NC(=O)NC(CCC(=O)OC(C)(C)C)C(=O)OC(C)(C)C. The van der Waals surface area contributed by atoms with Gasteiger partial charge in [-0.15, -0.1) is 0 Å². The molecule has 0 heterocycles. The number of aliphatic hydroxyl groups is 1. The van der Waals surface area contributed by atoms with E-state index in [1.54, 1.807) is 48.5 Å². The van der Waals surface area contributed by atoms with E-state index < -0.39 is 59.3 Å². The summed E-state index contributed by atoms with van der Waals surface area (Å²) in [5.41, 5.74) is 5.15. The fourth-order valence-electron chi connectivity index (χ4n) is 9.66. The summed E-state index contributed by atoms with van der Waals surface area (Å²) in [6.07, 6.45) is 5.72. The lowest BCUT2D eigenvalue weighted by atomic mass is 9.75. The minimum Gasteiger partial charge on any atom is -0.511 e. The normalized spacial score (nSPS) is 18.5. The molecule has 1 saturated carbocycles. The number of aliphatic imine (C=N–C) groups is 1. The highest BCUT2D eigenvalue weighted by molar-refractivity contribution is 6.22. The average Bonchev–Trinajstić information content (AvgIpc) is 3.34. The second-order valence-corrected chi connectivity index (χ2v) is 23.4. The van der Waals surface area contributed by atoms with Gasteiger partial charge in [0.15, 0.2) is 5.78 Å². The third kappa shape index (κ3) is 21.9. The first-order chi connectivity index (χ1) is 36.2. The molecule has 5 amide bonds. The molecule has 0 radical (unpaired) electrons. The van der Waals surface area contributed by atoms with Crippen LogP contribution in [0.3, 0.4) is 0 Å². The molecule has 4 atom stereocenters. The molecular weight excluding hydrogens is 987 g/mol. The van der Waals surface area contributed by atoms with Crippen LogP contribution in [0.25, 0.3) is 10.8 Å². The molecule has 2 aromatic rings. The van der Waals surface area contributed by atoms with E-state index in [1.165, 1.54) is 7.11 Å². The predicted molar refractivity (Wildman–Crippen MR) is 295 cm³/mol. The number of amides is 5. The van der Waals surface area contributed by atoms with Gasteiger partial charge < -0.3 is 51.6 Å². The molecule has 77 heavy (non-hydrogen) atoms. The van der Waals surface area contributed by atoms with Crippen LogP contribution in [-0.2, 0) is 54.2 Å². The van der Waals surface area contributed by atoms with Crippen molar-refractivity contribution in [3.8, 4) is 0 Å². The summed E-state index contributed by atoms with van der Waals surface area (Å²) in [6.45, 7) is 16.7. The topological polar surface area (TPSA) is 283 Å². The molecule has 0 spiro atoms. The summed E-state index contributed by atoms with van der Waals surface area (Å²) >= 11 is 0. The summed E-state index contributed by atoms with van der Waals surface area (Å²) in [5.74, 6) is -3.37. The molecule has 2 aromatic carbocycles. The number of benzene rings is 2. The van der Waals surface area contributed by atoms with Crippen LogP contribution in [0, 0.1) is 17.3 Å². The Balaban J connectivity index is 1.35. The molecule has 426 valence electrons. The quantitative estimate of drug-likeness (QED) is 0.0219. The zero-order valence-electron chi connectivity index (χ0n) is 47.2. The number of carbonyl (C=O) groups excluding carboxylic acids is 8. The number of carbonyl (C=O) groups is 8. The van der Waals surface area contributed by atoms with Crippen LogP contribution in [0.1, 0.15) is 158 Å². The van der Waals surface area contributed by atoms with E-state index in [-0.39, 0.29) is 90.7 Å². The van der Waals surface area contributed by atoms with Crippen molar-refractivity contribution in [2.45, 2.75) is 194 Å². The molecule has 19 heteroatoms. The summed E-state index contributed by atoms with van der Waals surface area (Å²) in [7, 11) is 1.19. The lowest BCUT2D eigenvalue weighted by Gasteiger charge is -2.30. The van der Waals surface area contributed by atoms with Crippen molar-refractivity contribution in [2.24, 2.45) is 28.0 Å². The van der Waals surface area contributed by atoms with E-state index in [1.807, 2.05) is 56.3 Å². The number of ether oxygens (including phenoxy) is 3. The van der Waals surface area contributed by atoms with E-state index in [0.717, 1.165) is 16.3 Å². The standard InChI is InChI=1S/C58H87N7O12/c1-36(49-46(66)33-58(8,9)34-47(49)67)62-42(19-13-15-29-59)51(70)61-35-37-21-25-40(26-22-37)50(69)63-45(32-38-23-24-39-17-11-12-18-41(39)31-38)52(71)60-30-16-14-20-43(53(72)75-10)64-55(74)65-44(54(73)77-57(5,6)7)27-28-48(68)76-56(2,3)4/h11-12,17-18,23-24,31,37,40,42-45,66H,13-16,19-22,25-30,32-35,59H2,1-10H3,(H,60,71)(H,61,70)(H,63,69)(H2,64,65,74). The first kappa shape index (κ1) is 63.2. The smallest absolute Gasteiger partial charge is 0.329 e. The summed E-state index contributed by atoms with van der Waals surface area (Å²) in [4.78, 5) is 111.